The SMILES string of the molecule is CCC1(Cn2c(CCl)nc3c(OC(C)C)cccc32)CC1. The lowest BCUT2D eigenvalue weighted by atomic mass is 10.0. The van der Waals surface area contributed by atoms with Crippen LogP contribution in [0.5, 0.6) is 5.75 Å². The summed E-state index contributed by atoms with van der Waals surface area (Å²) in [7, 11) is 0. The number of fused-ring (bicyclic) bond motifs is 1. The van der Waals surface area contributed by atoms with Crippen LogP contribution in [0.3, 0.4) is 0 Å². The van der Waals surface area contributed by atoms with Gasteiger partial charge in [0.2, 0.25) is 0 Å². The molecule has 4 heteroatoms. The molecule has 2 aromatic rings. The van der Waals surface area contributed by atoms with E-state index in [2.05, 4.69) is 17.6 Å². The highest BCUT2D eigenvalue weighted by molar-refractivity contribution is 6.16. The van der Waals surface area contributed by atoms with Gasteiger partial charge in [-0.05, 0) is 50.7 Å². The number of alkyl halides is 1. The zero-order valence-corrected chi connectivity index (χ0v) is 13.8. The summed E-state index contributed by atoms with van der Waals surface area (Å²) in [4.78, 5) is 4.74. The van der Waals surface area contributed by atoms with E-state index in [0.29, 0.717) is 11.3 Å². The fraction of sp³-hybridized carbons (Fsp3) is 0.588. The minimum absolute atomic E-state index is 0.144. The van der Waals surface area contributed by atoms with E-state index in [1.165, 1.54) is 19.3 Å². The van der Waals surface area contributed by atoms with Gasteiger partial charge in [0.05, 0.1) is 17.5 Å². The minimum Gasteiger partial charge on any atom is -0.489 e. The lowest BCUT2D eigenvalue weighted by molar-refractivity contribution is 0.245. The fourth-order valence-corrected chi connectivity index (χ4v) is 3.14. The van der Waals surface area contributed by atoms with Crippen molar-refractivity contribution in [2.45, 2.75) is 58.6 Å². The largest absolute Gasteiger partial charge is 0.489 e. The summed E-state index contributed by atoms with van der Waals surface area (Å²) >= 11 is 6.13. The van der Waals surface area contributed by atoms with Gasteiger partial charge in [-0.15, -0.1) is 11.6 Å². The molecule has 0 saturated heterocycles. The Labute approximate surface area is 131 Å². The van der Waals surface area contributed by atoms with Crippen LogP contribution in [0.1, 0.15) is 45.9 Å². The van der Waals surface area contributed by atoms with Gasteiger partial charge in [-0.2, -0.15) is 0 Å². The number of para-hydroxylation sites is 1. The fourth-order valence-electron chi connectivity index (χ4n) is 2.93. The van der Waals surface area contributed by atoms with Crippen molar-refractivity contribution in [1.29, 1.82) is 0 Å². The van der Waals surface area contributed by atoms with Crippen LogP contribution in [-0.4, -0.2) is 15.7 Å². The molecule has 1 fully saturated rings. The highest BCUT2D eigenvalue weighted by atomic mass is 35.5. The summed E-state index contributed by atoms with van der Waals surface area (Å²) < 4.78 is 8.19. The van der Waals surface area contributed by atoms with E-state index in [1.54, 1.807) is 0 Å². The first-order valence-corrected chi connectivity index (χ1v) is 8.33. The molecule has 0 N–H and O–H groups in total. The quantitative estimate of drug-likeness (QED) is 0.720. The van der Waals surface area contributed by atoms with Gasteiger partial charge < -0.3 is 9.30 Å². The van der Waals surface area contributed by atoms with Crippen molar-refractivity contribution in [3.05, 3.63) is 24.0 Å². The van der Waals surface area contributed by atoms with Crippen molar-refractivity contribution >= 4 is 22.6 Å². The molecule has 3 nitrogen and oxygen atoms in total. The lowest BCUT2D eigenvalue weighted by Crippen LogP contribution is -2.12. The predicted octanol–water partition coefficient (Wildman–Crippen LogP) is 4.75. The van der Waals surface area contributed by atoms with Crippen LogP contribution in [0.4, 0.5) is 0 Å². The van der Waals surface area contributed by atoms with Gasteiger partial charge >= 0.3 is 0 Å². The zero-order chi connectivity index (χ0) is 15.0. The van der Waals surface area contributed by atoms with Gasteiger partial charge in [0.25, 0.3) is 0 Å². The van der Waals surface area contributed by atoms with Crippen LogP contribution in [-0.2, 0) is 12.4 Å². The highest BCUT2D eigenvalue weighted by Crippen LogP contribution is 2.50. The number of hydrogen-bond donors (Lipinski definition) is 0. The normalized spacial score (nSPS) is 16.6. The highest BCUT2D eigenvalue weighted by Gasteiger charge is 2.41. The van der Waals surface area contributed by atoms with Crippen LogP contribution in [0.2, 0.25) is 0 Å². The van der Waals surface area contributed by atoms with Crippen molar-refractivity contribution in [2.75, 3.05) is 0 Å². The summed E-state index contributed by atoms with van der Waals surface area (Å²) in [5, 5.41) is 0. The second-order valence-corrected chi connectivity index (χ2v) is 6.66. The Morgan fingerprint density at radius 2 is 2.14 bits per heavy atom. The van der Waals surface area contributed by atoms with E-state index in [4.69, 9.17) is 21.3 Å². The molecule has 0 unspecified atom stereocenters. The molecule has 0 aliphatic heterocycles. The summed E-state index contributed by atoms with van der Waals surface area (Å²) in [5.74, 6) is 2.25. The summed E-state index contributed by atoms with van der Waals surface area (Å²) in [5.41, 5.74) is 2.54. The molecule has 21 heavy (non-hydrogen) atoms. The molecule has 1 saturated carbocycles. The zero-order valence-electron chi connectivity index (χ0n) is 13.0. The average Bonchev–Trinajstić information content (AvgIpc) is 3.15. The first-order valence-electron chi connectivity index (χ1n) is 7.79. The maximum Gasteiger partial charge on any atom is 0.147 e. The van der Waals surface area contributed by atoms with Gasteiger partial charge in [-0.3, -0.25) is 0 Å². The summed E-state index contributed by atoms with van der Waals surface area (Å²) in [6.07, 6.45) is 3.99. The Morgan fingerprint density at radius 1 is 1.38 bits per heavy atom. The molecule has 0 atom stereocenters. The summed E-state index contributed by atoms with van der Waals surface area (Å²) in [6, 6.07) is 6.16. The van der Waals surface area contributed by atoms with Crippen molar-refractivity contribution < 1.29 is 4.74 Å². The molecule has 0 amide bonds. The van der Waals surface area contributed by atoms with E-state index < -0.39 is 0 Å². The third-order valence-electron chi connectivity index (χ3n) is 4.50. The second-order valence-electron chi connectivity index (χ2n) is 6.39. The second kappa shape index (κ2) is 5.53. The number of benzene rings is 1. The molecule has 1 aliphatic carbocycles. The smallest absolute Gasteiger partial charge is 0.147 e. The molecule has 0 spiro atoms. The van der Waals surface area contributed by atoms with E-state index in [1.807, 2.05) is 26.0 Å². The van der Waals surface area contributed by atoms with Gasteiger partial charge in [0.15, 0.2) is 0 Å². The molecular weight excluding hydrogens is 284 g/mol. The van der Waals surface area contributed by atoms with E-state index in [-0.39, 0.29) is 6.10 Å². The monoisotopic (exact) mass is 306 g/mol. The number of rotatable bonds is 6. The molecule has 114 valence electrons. The van der Waals surface area contributed by atoms with Gasteiger partial charge in [-0.1, -0.05) is 13.0 Å². The maximum atomic E-state index is 6.13. The predicted molar refractivity (Wildman–Crippen MR) is 87.0 cm³/mol. The molecule has 0 radical (unpaired) electrons. The number of imidazole rings is 1. The Hall–Kier alpha value is -1.22. The van der Waals surface area contributed by atoms with Crippen molar-refractivity contribution in [1.82, 2.24) is 9.55 Å². The van der Waals surface area contributed by atoms with Crippen molar-refractivity contribution in [3.63, 3.8) is 0 Å². The standard InChI is InChI=1S/C17H23ClN2O/c1-4-17(8-9-17)11-20-13-6-5-7-14(21-12(2)3)16(13)19-15(20)10-18/h5-7,12H,4,8-11H2,1-3H3. The third kappa shape index (κ3) is 2.76. The first kappa shape index (κ1) is 14.7. The minimum atomic E-state index is 0.144. The van der Waals surface area contributed by atoms with E-state index >= 15 is 0 Å². The molecular formula is C17H23ClN2O. The number of hydrogen-bond acceptors (Lipinski definition) is 2. The van der Waals surface area contributed by atoms with Crippen molar-refractivity contribution in [3.8, 4) is 5.75 Å². The van der Waals surface area contributed by atoms with Gasteiger partial charge in [0.1, 0.15) is 17.1 Å². The number of nitrogens with zero attached hydrogens (tertiary/aromatic N) is 2. The van der Waals surface area contributed by atoms with Crippen molar-refractivity contribution in [2.24, 2.45) is 5.41 Å². The molecule has 1 aliphatic rings. The molecule has 3 rings (SSSR count). The van der Waals surface area contributed by atoms with E-state index in [0.717, 1.165) is 29.2 Å². The Bertz CT molecular complexity index is 644. The molecule has 1 heterocycles. The van der Waals surface area contributed by atoms with Gasteiger partial charge in [-0.25, -0.2) is 4.98 Å². The molecule has 1 aromatic carbocycles. The number of halogens is 1. The Balaban J connectivity index is 2.06. The van der Waals surface area contributed by atoms with Crippen LogP contribution in [0, 0.1) is 5.41 Å². The number of aromatic nitrogens is 2. The number of ether oxygens (including phenoxy) is 1. The average molecular weight is 307 g/mol. The molecule has 0 bridgehead atoms. The van der Waals surface area contributed by atoms with Crippen LogP contribution in [0.15, 0.2) is 18.2 Å². The Kier molecular flexibility index (Phi) is 3.87. The topological polar surface area (TPSA) is 27.1 Å². The first-order chi connectivity index (χ1) is 10.1. The van der Waals surface area contributed by atoms with Crippen LogP contribution in [0.25, 0.3) is 11.0 Å². The molecule has 1 aromatic heterocycles. The summed E-state index contributed by atoms with van der Waals surface area (Å²) in [6.45, 7) is 7.37. The van der Waals surface area contributed by atoms with Crippen LogP contribution < -0.4 is 4.74 Å². The third-order valence-corrected chi connectivity index (χ3v) is 4.74. The van der Waals surface area contributed by atoms with Gasteiger partial charge in [0, 0.05) is 6.54 Å². The van der Waals surface area contributed by atoms with Crippen LogP contribution >= 0.6 is 11.6 Å². The lowest BCUT2D eigenvalue weighted by Gasteiger charge is -2.16. The van der Waals surface area contributed by atoms with E-state index in [9.17, 15) is 0 Å². The maximum absolute atomic E-state index is 6.13. The Morgan fingerprint density at radius 3 is 2.71 bits per heavy atom.